The third kappa shape index (κ3) is 6.73. The Bertz CT molecular complexity index is 1210. The van der Waals surface area contributed by atoms with Crippen LogP contribution in [-0.4, -0.2) is 66.4 Å². The van der Waals surface area contributed by atoms with E-state index in [1.165, 1.54) is 12.0 Å². The van der Waals surface area contributed by atoms with Gasteiger partial charge in [0.1, 0.15) is 29.2 Å². The highest BCUT2D eigenvalue weighted by Gasteiger charge is 2.42. The van der Waals surface area contributed by atoms with E-state index in [9.17, 15) is 14.4 Å². The number of aromatic nitrogens is 1. The molecule has 1 unspecified atom stereocenters. The van der Waals surface area contributed by atoms with Crippen LogP contribution in [0.1, 0.15) is 40.6 Å². The molecule has 1 saturated heterocycles. The number of amides is 2. The molecular formula is C28H39N3O7. The number of carbonyl (C=O) groups excluding carboxylic acids is 3. The Kier molecular flexibility index (Phi) is 8.85. The molecule has 2 heterocycles. The first kappa shape index (κ1) is 28.7. The number of pyridine rings is 1. The van der Waals surface area contributed by atoms with Crippen molar-refractivity contribution in [3.63, 3.8) is 0 Å². The van der Waals surface area contributed by atoms with Crippen LogP contribution >= 0.6 is 0 Å². The van der Waals surface area contributed by atoms with Crippen LogP contribution in [0.3, 0.4) is 0 Å². The predicted molar refractivity (Wildman–Crippen MR) is 144 cm³/mol. The Morgan fingerprint density at radius 2 is 1.87 bits per heavy atom. The topological polar surface area (TPSA) is 130 Å². The Morgan fingerprint density at radius 1 is 1.16 bits per heavy atom. The van der Waals surface area contributed by atoms with Gasteiger partial charge in [-0.3, -0.25) is 19.5 Å². The van der Waals surface area contributed by atoms with E-state index in [2.05, 4.69) is 16.3 Å². The lowest BCUT2D eigenvalue weighted by molar-refractivity contribution is -0.142. The molecule has 1 aromatic heterocycles. The predicted octanol–water partition coefficient (Wildman–Crippen LogP) is 4.02. The summed E-state index contributed by atoms with van der Waals surface area (Å²) in [5.74, 6) is 1.19. The Labute approximate surface area is 224 Å². The molecule has 2 aromatic rings. The standard InChI is InChI=1S/C21H27N3O5.C7H10O2.H2/c1-12-16(27-5)7-6-14-17(8-9-23-18(12)14)28-13-10-15(19(22)25)24(11-13)20(26)29-21(2,3)4;1-3-5-4-6(5)7(8)9-2;/h6-9,13,15H,10-11H2,1-5H3,(H2,22,25);3,5-6H,1,4H2,2H3;1H/t13-,15?;5-,6+;/m11./s1. The van der Waals surface area contributed by atoms with Gasteiger partial charge < -0.3 is 24.7 Å². The van der Waals surface area contributed by atoms with Crippen LogP contribution in [0.2, 0.25) is 0 Å². The van der Waals surface area contributed by atoms with Crippen LogP contribution in [0.5, 0.6) is 11.5 Å². The summed E-state index contributed by atoms with van der Waals surface area (Å²) in [6.07, 6.45) is 3.72. The van der Waals surface area contributed by atoms with E-state index in [0.29, 0.717) is 18.1 Å². The summed E-state index contributed by atoms with van der Waals surface area (Å²) in [7, 11) is 3.03. The number of primary amides is 1. The number of likely N-dealkylation sites (tertiary alicyclic amines) is 1. The molecule has 1 saturated carbocycles. The number of aryl methyl sites for hydroxylation is 1. The monoisotopic (exact) mass is 529 g/mol. The number of ether oxygens (including phenoxy) is 4. The molecule has 0 radical (unpaired) electrons. The summed E-state index contributed by atoms with van der Waals surface area (Å²) in [5, 5.41) is 0.831. The number of methoxy groups -OCH3 is 2. The van der Waals surface area contributed by atoms with Crippen molar-refractivity contribution < 1.29 is 34.8 Å². The number of rotatable bonds is 6. The fourth-order valence-electron chi connectivity index (χ4n) is 4.39. The smallest absolute Gasteiger partial charge is 0.411 e. The first-order valence-electron chi connectivity index (χ1n) is 12.5. The average molecular weight is 530 g/mol. The number of nitrogens with zero attached hydrogens (tertiary/aromatic N) is 2. The summed E-state index contributed by atoms with van der Waals surface area (Å²) in [5.41, 5.74) is 6.53. The van der Waals surface area contributed by atoms with E-state index < -0.39 is 29.7 Å². The largest absolute Gasteiger partial charge is 0.496 e. The number of allylic oxidation sites excluding steroid dienone is 1. The quantitative estimate of drug-likeness (QED) is 0.439. The number of carbonyl (C=O) groups is 3. The van der Waals surface area contributed by atoms with Crippen molar-refractivity contribution in [3.05, 3.63) is 42.6 Å². The summed E-state index contributed by atoms with van der Waals surface area (Å²) >= 11 is 0. The van der Waals surface area contributed by atoms with E-state index in [-0.39, 0.29) is 19.9 Å². The Balaban J connectivity index is 0.000000453. The highest BCUT2D eigenvalue weighted by Crippen LogP contribution is 2.39. The maximum absolute atomic E-state index is 12.5. The molecule has 0 spiro atoms. The zero-order valence-electron chi connectivity index (χ0n) is 22.9. The minimum Gasteiger partial charge on any atom is -0.496 e. The highest BCUT2D eigenvalue weighted by atomic mass is 16.6. The van der Waals surface area contributed by atoms with Crippen molar-refractivity contribution in [2.75, 3.05) is 20.8 Å². The summed E-state index contributed by atoms with van der Waals surface area (Å²) in [6.45, 7) is 11.0. The highest BCUT2D eigenvalue weighted by molar-refractivity contribution is 5.89. The number of esters is 1. The molecule has 4 rings (SSSR count). The third-order valence-corrected chi connectivity index (χ3v) is 6.46. The molecule has 10 heteroatoms. The molecule has 2 aliphatic rings. The van der Waals surface area contributed by atoms with Gasteiger partial charge in [0.15, 0.2) is 0 Å². The zero-order chi connectivity index (χ0) is 28.2. The molecule has 2 N–H and O–H groups in total. The number of nitrogens with two attached hydrogens (primary N) is 1. The number of hydrogen-bond acceptors (Lipinski definition) is 8. The van der Waals surface area contributed by atoms with Gasteiger partial charge in [0, 0.05) is 25.0 Å². The van der Waals surface area contributed by atoms with Crippen LogP contribution < -0.4 is 15.2 Å². The number of benzene rings is 1. The minimum atomic E-state index is -0.773. The summed E-state index contributed by atoms with van der Waals surface area (Å²) in [6, 6.07) is 4.74. The van der Waals surface area contributed by atoms with Crippen molar-refractivity contribution in [2.24, 2.45) is 17.6 Å². The second-order valence-electron chi connectivity index (χ2n) is 10.4. The lowest BCUT2D eigenvalue weighted by Crippen LogP contribution is -2.45. The van der Waals surface area contributed by atoms with Crippen LogP contribution in [0.15, 0.2) is 37.1 Å². The SMILES string of the molecule is C=C[C@@H]1C[C@@H]1C(=O)OC.COc1ccc2c(O[C@@H]3CC(C(N)=O)N(C(=O)OC(C)(C)C)C3)ccnc2c1C.[HH]. The van der Waals surface area contributed by atoms with Crippen LogP contribution in [-0.2, 0) is 19.1 Å². The molecule has 38 heavy (non-hydrogen) atoms. The molecule has 10 nitrogen and oxygen atoms in total. The molecule has 0 bridgehead atoms. The van der Waals surface area contributed by atoms with Crippen molar-refractivity contribution in [2.45, 2.75) is 58.3 Å². The van der Waals surface area contributed by atoms with Crippen molar-refractivity contribution in [1.82, 2.24) is 9.88 Å². The van der Waals surface area contributed by atoms with Crippen LogP contribution in [0, 0.1) is 18.8 Å². The van der Waals surface area contributed by atoms with Gasteiger partial charge in [-0.2, -0.15) is 0 Å². The maximum Gasteiger partial charge on any atom is 0.411 e. The fraction of sp³-hybridized carbons (Fsp3) is 0.500. The Morgan fingerprint density at radius 3 is 2.42 bits per heavy atom. The summed E-state index contributed by atoms with van der Waals surface area (Å²) < 4.78 is 21.5. The molecule has 2 fully saturated rings. The molecular weight excluding hydrogens is 490 g/mol. The Hall–Kier alpha value is -3.82. The second kappa shape index (κ2) is 11.7. The molecule has 2 amide bonds. The summed E-state index contributed by atoms with van der Waals surface area (Å²) in [4.78, 5) is 40.9. The van der Waals surface area contributed by atoms with E-state index >= 15 is 0 Å². The lowest BCUT2D eigenvalue weighted by Gasteiger charge is -2.27. The molecule has 4 atom stereocenters. The van der Waals surface area contributed by atoms with Gasteiger partial charge in [-0.05, 0) is 58.2 Å². The maximum atomic E-state index is 12.5. The normalized spacial score (nSPS) is 22.1. The number of hydrogen-bond donors (Lipinski definition) is 1. The molecule has 1 aliphatic carbocycles. The van der Waals surface area contributed by atoms with Gasteiger partial charge >= 0.3 is 12.1 Å². The van der Waals surface area contributed by atoms with Crippen molar-refractivity contribution in [1.29, 1.82) is 0 Å². The van der Waals surface area contributed by atoms with Crippen LogP contribution in [0.25, 0.3) is 10.9 Å². The van der Waals surface area contributed by atoms with E-state index in [1.807, 2.05) is 25.1 Å². The first-order chi connectivity index (χ1) is 17.9. The molecule has 1 aliphatic heterocycles. The fourth-order valence-corrected chi connectivity index (χ4v) is 4.39. The van der Waals surface area contributed by atoms with Crippen molar-refractivity contribution in [3.8, 4) is 11.5 Å². The van der Waals surface area contributed by atoms with Gasteiger partial charge in [0.05, 0.1) is 32.2 Å². The van der Waals surface area contributed by atoms with Gasteiger partial charge in [-0.25, -0.2) is 4.79 Å². The van der Waals surface area contributed by atoms with E-state index in [1.54, 1.807) is 40.1 Å². The van der Waals surface area contributed by atoms with E-state index in [4.69, 9.17) is 19.9 Å². The molecule has 1 aromatic carbocycles. The van der Waals surface area contributed by atoms with Gasteiger partial charge in [0.25, 0.3) is 0 Å². The van der Waals surface area contributed by atoms with Gasteiger partial charge in [0.2, 0.25) is 5.91 Å². The third-order valence-electron chi connectivity index (χ3n) is 6.46. The molecule has 208 valence electrons. The second-order valence-corrected chi connectivity index (χ2v) is 10.4. The van der Waals surface area contributed by atoms with Gasteiger partial charge in [-0.1, -0.05) is 6.08 Å². The van der Waals surface area contributed by atoms with Gasteiger partial charge in [-0.15, -0.1) is 6.58 Å². The van der Waals surface area contributed by atoms with Crippen LogP contribution in [0.4, 0.5) is 4.79 Å². The van der Waals surface area contributed by atoms with Crippen molar-refractivity contribution >= 4 is 28.9 Å². The minimum absolute atomic E-state index is 0. The van der Waals surface area contributed by atoms with E-state index in [0.717, 1.165) is 28.6 Å². The average Bonchev–Trinajstić information content (AvgIpc) is 3.53. The first-order valence-corrected chi connectivity index (χ1v) is 12.5. The lowest BCUT2D eigenvalue weighted by atomic mass is 10.1. The zero-order valence-corrected chi connectivity index (χ0v) is 22.9. The number of fused-ring (bicyclic) bond motifs is 1.